The van der Waals surface area contributed by atoms with Crippen LogP contribution in [0, 0.1) is 0 Å². The van der Waals surface area contributed by atoms with Crippen LogP contribution < -0.4 is 15.4 Å². The zero-order chi connectivity index (χ0) is 20.7. The smallest absolute Gasteiger partial charge is 0.407 e. The molecule has 0 bridgehead atoms. The lowest BCUT2D eigenvalue weighted by Gasteiger charge is -2.23. The maximum absolute atomic E-state index is 12.8. The molecule has 0 aliphatic heterocycles. The molecule has 0 fully saturated rings. The quantitative estimate of drug-likeness (QED) is 0.631. The average molecular weight is 469 g/mol. The van der Waals surface area contributed by atoms with Crippen molar-refractivity contribution in [2.75, 3.05) is 13.7 Å². The second kappa shape index (κ2) is 9.93. The lowest BCUT2D eigenvalue weighted by Crippen LogP contribution is -2.46. The van der Waals surface area contributed by atoms with Gasteiger partial charge in [-0.15, -0.1) is 11.3 Å². The van der Waals surface area contributed by atoms with E-state index in [0.29, 0.717) is 17.0 Å². The number of alkyl carbamates (subject to hydrolysis) is 1. The summed E-state index contributed by atoms with van der Waals surface area (Å²) >= 11 is 4.67. The number of ether oxygens (including phenoxy) is 2. The summed E-state index contributed by atoms with van der Waals surface area (Å²) in [6, 6.07) is 9.46. The summed E-state index contributed by atoms with van der Waals surface area (Å²) in [5.41, 5.74) is 0.469. The molecule has 2 rings (SSSR count). The van der Waals surface area contributed by atoms with Crippen LogP contribution in [0.2, 0.25) is 0 Å². The molecule has 1 unspecified atom stereocenters. The van der Waals surface area contributed by atoms with Gasteiger partial charge in [0.05, 0.1) is 17.6 Å². The van der Waals surface area contributed by atoms with E-state index in [1.54, 1.807) is 26.2 Å². The molecule has 2 aromatic rings. The van der Waals surface area contributed by atoms with Gasteiger partial charge in [-0.3, -0.25) is 4.79 Å². The zero-order valence-corrected chi connectivity index (χ0v) is 18.8. The molecule has 1 aromatic carbocycles. The van der Waals surface area contributed by atoms with E-state index in [1.165, 1.54) is 18.4 Å². The van der Waals surface area contributed by atoms with Gasteiger partial charge in [-0.05, 0) is 48.7 Å². The molecule has 6 nitrogen and oxygen atoms in total. The van der Waals surface area contributed by atoms with E-state index in [4.69, 9.17) is 9.47 Å². The number of nitrogens with one attached hydrogen (secondary N) is 2. The van der Waals surface area contributed by atoms with E-state index < -0.39 is 11.7 Å². The Hall–Kier alpha value is -2.06. The van der Waals surface area contributed by atoms with E-state index in [-0.39, 0.29) is 18.5 Å². The molecule has 0 saturated carbocycles. The second-order valence-corrected chi connectivity index (χ2v) is 8.92. The number of hydrogen-bond donors (Lipinski definition) is 2. The molecule has 2 N–H and O–H groups in total. The van der Waals surface area contributed by atoms with Gasteiger partial charge in [0.25, 0.3) is 5.91 Å². The summed E-state index contributed by atoms with van der Waals surface area (Å²) < 4.78 is 11.3. The number of rotatable bonds is 7. The van der Waals surface area contributed by atoms with E-state index in [2.05, 4.69) is 26.6 Å². The summed E-state index contributed by atoms with van der Waals surface area (Å²) in [4.78, 5) is 25.2. The zero-order valence-electron chi connectivity index (χ0n) is 16.4. The number of halogens is 1. The number of benzene rings is 1. The average Bonchev–Trinajstić information content (AvgIpc) is 3.00. The number of carbonyl (C=O) groups is 2. The number of methoxy groups -OCH3 is 1. The monoisotopic (exact) mass is 468 g/mol. The van der Waals surface area contributed by atoms with Crippen LogP contribution in [-0.4, -0.2) is 37.3 Å². The van der Waals surface area contributed by atoms with E-state index >= 15 is 0 Å². The molecule has 0 saturated heterocycles. The Kier molecular flexibility index (Phi) is 7.88. The van der Waals surface area contributed by atoms with Crippen LogP contribution in [0.1, 0.15) is 36.0 Å². The van der Waals surface area contributed by atoms with E-state index in [0.717, 1.165) is 10.0 Å². The normalized spacial score (nSPS) is 12.2. The molecule has 0 radical (unpaired) electrons. The third-order valence-electron chi connectivity index (χ3n) is 3.67. The Morgan fingerprint density at radius 1 is 1.21 bits per heavy atom. The van der Waals surface area contributed by atoms with Gasteiger partial charge < -0.3 is 20.1 Å². The van der Waals surface area contributed by atoms with Crippen LogP contribution in [0.5, 0.6) is 5.75 Å². The van der Waals surface area contributed by atoms with Gasteiger partial charge >= 0.3 is 6.09 Å². The first-order valence-electron chi connectivity index (χ1n) is 8.82. The molecule has 1 aromatic heterocycles. The van der Waals surface area contributed by atoms with E-state index in [1.807, 2.05) is 30.3 Å². The Morgan fingerprint density at radius 3 is 2.50 bits per heavy atom. The van der Waals surface area contributed by atoms with Crippen LogP contribution in [0.25, 0.3) is 0 Å². The first-order valence-corrected chi connectivity index (χ1v) is 10.5. The van der Waals surface area contributed by atoms with Crippen molar-refractivity contribution in [3.63, 3.8) is 0 Å². The third kappa shape index (κ3) is 6.83. The molecule has 8 heteroatoms. The van der Waals surface area contributed by atoms with Crippen molar-refractivity contribution in [3.05, 3.63) is 50.6 Å². The Labute approximate surface area is 177 Å². The molecule has 2 amide bonds. The molecule has 28 heavy (non-hydrogen) atoms. The summed E-state index contributed by atoms with van der Waals surface area (Å²) in [5.74, 6) is 0.250. The fourth-order valence-corrected chi connectivity index (χ4v) is 4.08. The highest BCUT2D eigenvalue weighted by Gasteiger charge is 2.22. The Balaban J connectivity index is 2.09. The van der Waals surface area contributed by atoms with Crippen molar-refractivity contribution in [2.24, 2.45) is 0 Å². The van der Waals surface area contributed by atoms with Crippen molar-refractivity contribution >= 4 is 39.3 Å². The van der Waals surface area contributed by atoms with Gasteiger partial charge in [0, 0.05) is 11.9 Å². The largest absolute Gasteiger partial charge is 0.494 e. The first kappa shape index (κ1) is 22.2. The maximum Gasteiger partial charge on any atom is 0.407 e. The maximum atomic E-state index is 12.8. The standard InChI is InChI=1S/C20H25BrN2O4S/c1-20(2,3)27-19(25)22-11-14(10-13-8-6-5-7-9-13)23-18(24)17-16(26-4)15(21)12-28-17/h5-9,12,14H,10-11H2,1-4H3,(H,22,25)(H,23,24). The Bertz CT molecular complexity index is 802. The van der Waals surface area contributed by atoms with Crippen LogP contribution in [0.3, 0.4) is 0 Å². The summed E-state index contributed by atoms with van der Waals surface area (Å²) in [7, 11) is 1.52. The summed E-state index contributed by atoms with van der Waals surface area (Å²) in [6.45, 7) is 5.65. The highest BCUT2D eigenvalue weighted by molar-refractivity contribution is 9.10. The van der Waals surface area contributed by atoms with Gasteiger partial charge in [0.1, 0.15) is 10.5 Å². The van der Waals surface area contributed by atoms with Gasteiger partial charge in [-0.1, -0.05) is 30.3 Å². The molecular weight excluding hydrogens is 444 g/mol. The molecule has 1 heterocycles. The van der Waals surface area contributed by atoms with Crippen molar-refractivity contribution < 1.29 is 19.1 Å². The molecule has 0 aliphatic rings. The van der Waals surface area contributed by atoms with Crippen LogP contribution in [0.15, 0.2) is 40.2 Å². The highest BCUT2D eigenvalue weighted by Crippen LogP contribution is 2.34. The van der Waals surface area contributed by atoms with Gasteiger partial charge in [0.15, 0.2) is 5.75 Å². The summed E-state index contributed by atoms with van der Waals surface area (Å²) in [6.07, 6.45) is 0.0494. The van der Waals surface area contributed by atoms with Gasteiger partial charge in [-0.2, -0.15) is 0 Å². The minimum Gasteiger partial charge on any atom is -0.494 e. The molecular formula is C20H25BrN2O4S. The van der Waals surface area contributed by atoms with Crippen LogP contribution in [0.4, 0.5) is 4.79 Å². The molecule has 152 valence electrons. The number of amides is 2. The second-order valence-electron chi connectivity index (χ2n) is 7.19. The van der Waals surface area contributed by atoms with Crippen molar-refractivity contribution in [1.29, 1.82) is 0 Å². The topological polar surface area (TPSA) is 76.7 Å². The predicted molar refractivity (Wildman–Crippen MR) is 114 cm³/mol. The van der Waals surface area contributed by atoms with Gasteiger partial charge in [-0.25, -0.2) is 4.79 Å². The number of hydrogen-bond acceptors (Lipinski definition) is 5. The first-order chi connectivity index (χ1) is 13.2. The number of carbonyl (C=O) groups excluding carboxylic acids is 2. The van der Waals surface area contributed by atoms with Crippen LogP contribution in [-0.2, 0) is 11.2 Å². The fraction of sp³-hybridized carbons (Fsp3) is 0.400. The minimum atomic E-state index is -0.584. The van der Waals surface area contributed by atoms with Crippen LogP contribution >= 0.6 is 27.3 Å². The van der Waals surface area contributed by atoms with Gasteiger partial charge in [0.2, 0.25) is 0 Å². The lowest BCUT2D eigenvalue weighted by atomic mass is 10.1. The Morgan fingerprint density at radius 2 is 1.89 bits per heavy atom. The van der Waals surface area contributed by atoms with E-state index in [9.17, 15) is 9.59 Å². The van der Waals surface area contributed by atoms with Crippen molar-refractivity contribution in [3.8, 4) is 5.75 Å². The van der Waals surface area contributed by atoms with Crippen molar-refractivity contribution in [2.45, 2.75) is 38.8 Å². The highest BCUT2D eigenvalue weighted by atomic mass is 79.9. The SMILES string of the molecule is COc1c(Br)csc1C(=O)NC(CNC(=O)OC(C)(C)C)Cc1ccccc1. The lowest BCUT2D eigenvalue weighted by molar-refractivity contribution is 0.0519. The molecule has 0 spiro atoms. The molecule has 1 atom stereocenters. The minimum absolute atomic E-state index is 0.240. The fourth-order valence-electron chi connectivity index (χ4n) is 2.52. The van der Waals surface area contributed by atoms with Crippen molar-refractivity contribution in [1.82, 2.24) is 10.6 Å². The summed E-state index contributed by atoms with van der Waals surface area (Å²) in [5, 5.41) is 7.53. The number of thiophene rings is 1. The predicted octanol–water partition coefficient (Wildman–Crippen LogP) is 4.39. The molecule has 0 aliphatic carbocycles. The third-order valence-corrected chi connectivity index (χ3v) is 5.52.